The fraction of sp³-hybridized carbons (Fsp3) is 0.538. The molecule has 1 aromatic rings. The smallest absolute Gasteiger partial charge is 0.275 e. The van der Waals surface area contributed by atoms with Crippen LogP contribution < -0.4 is 9.64 Å². The highest BCUT2D eigenvalue weighted by molar-refractivity contribution is 5.57. The number of anilines is 1. The van der Waals surface area contributed by atoms with Crippen molar-refractivity contribution in [2.75, 3.05) is 25.1 Å². The topological polar surface area (TPSA) is 75.8 Å². The van der Waals surface area contributed by atoms with Crippen molar-refractivity contribution in [3.8, 4) is 5.75 Å². The van der Waals surface area contributed by atoms with Crippen molar-refractivity contribution in [2.45, 2.75) is 26.4 Å². The molecule has 0 spiro atoms. The average Bonchev–Trinajstić information content (AvgIpc) is 2.35. The average molecular weight is 268 g/mol. The Balaban J connectivity index is 3.01. The molecule has 0 radical (unpaired) electrons. The molecule has 19 heavy (non-hydrogen) atoms. The number of benzene rings is 1. The van der Waals surface area contributed by atoms with Crippen LogP contribution in [0.15, 0.2) is 18.2 Å². The number of nitro benzene ring substituents is 1. The van der Waals surface area contributed by atoms with Gasteiger partial charge < -0.3 is 14.7 Å². The van der Waals surface area contributed by atoms with E-state index in [0.29, 0.717) is 24.6 Å². The van der Waals surface area contributed by atoms with Crippen LogP contribution in [0.3, 0.4) is 0 Å². The summed E-state index contributed by atoms with van der Waals surface area (Å²) in [5, 5.41) is 20.3. The lowest BCUT2D eigenvalue weighted by atomic mass is 10.2. The minimum atomic E-state index is -0.510. The predicted molar refractivity (Wildman–Crippen MR) is 73.8 cm³/mol. The molecule has 1 unspecified atom stereocenters. The van der Waals surface area contributed by atoms with E-state index in [2.05, 4.69) is 0 Å². The molecule has 0 aliphatic heterocycles. The van der Waals surface area contributed by atoms with Gasteiger partial charge >= 0.3 is 0 Å². The normalized spacial score (nSPS) is 12.0. The fourth-order valence-electron chi connectivity index (χ4n) is 1.70. The monoisotopic (exact) mass is 268 g/mol. The zero-order valence-electron chi connectivity index (χ0n) is 11.5. The van der Waals surface area contributed by atoms with E-state index in [1.807, 2.05) is 6.92 Å². The van der Waals surface area contributed by atoms with Crippen LogP contribution in [0.4, 0.5) is 11.4 Å². The standard InChI is InChI=1S/C13H20N2O4/c1-4-5-19-13-7-11(14(3)9-10(2)16)6-12(8-13)15(17)18/h6-8,10,16H,4-5,9H2,1-3H3. The van der Waals surface area contributed by atoms with Crippen LogP contribution in [0.25, 0.3) is 0 Å². The molecule has 1 aromatic carbocycles. The quantitative estimate of drug-likeness (QED) is 0.606. The van der Waals surface area contributed by atoms with Gasteiger partial charge in [0, 0.05) is 31.4 Å². The van der Waals surface area contributed by atoms with Crippen LogP contribution in [0.2, 0.25) is 0 Å². The largest absolute Gasteiger partial charge is 0.493 e. The van der Waals surface area contributed by atoms with Crippen molar-refractivity contribution in [1.29, 1.82) is 0 Å². The van der Waals surface area contributed by atoms with Gasteiger partial charge in [-0.2, -0.15) is 0 Å². The first kappa shape index (κ1) is 15.2. The SMILES string of the molecule is CCCOc1cc(N(C)CC(C)O)cc([N+](=O)[O-])c1. The number of aliphatic hydroxyl groups excluding tert-OH is 1. The summed E-state index contributed by atoms with van der Waals surface area (Å²) < 4.78 is 5.45. The predicted octanol–water partition coefficient (Wildman–Crippen LogP) is 2.20. The van der Waals surface area contributed by atoms with Gasteiger partial charge in [0.05, 0.1) is 23.7 Å². The molecule has 6 nitrogen and oxygen atoms in total. The van der Waals surface area contributed by atoms with E-state index in [1.165, 1.54) is 12.1 Å². The Morgan fingerprint density at radius 3 is 2.68 bits per heavy atom. The van der Waals surface area contributed by atoms with Crippen LogP contribution >= 0.6 is 0 Å². The summed E-state index contributed by atoms with van der Waals surface area (Å²) in [7, 11) is 1.77. The third-order valence-electron chi connectivity index (χ3n) is 2.54. The summed E-state index contributed by atoms with van der Waals surface area (Å²) in [4.78, 5) is 12.2. The van der Waals surface area contributed by atoms with Crippen molar-refractivity contribution in [3.05, 3.63) is 28.3 Å². The maximum Gasteiger partial charge on any atom is 0.275 e. The molecule has 6 heteroatoms. The number of nitrogens with zero attached hydrogens (tertiary/aromatic N) is 2. The molecule has 106 valence electrons. The van der Waals surface area contributed by atoms with Crippen LogP contribution in [0, 0.1) is 10.1 Å². The Morgan fingerprint density at radius 1 is 1.47 bits per heavy atom. The van der Waals surface area contributed by atoms with Crippen LogP contribution in [-0.2, 0) is 0 Å². The second kappa shape index (κ2) is 6.94. The van der Waals surface area contributed by atoms with Gasteiger partial charge in [0.15, 0.2) is 0 Å². The molecule has 0 fully saturated rings. The molecule has 0 saturated heterocycles. The molecular formula is C13H20N2O4. The minimum Gasteiger partial charge on any atom is -0.493 e. The summed E-state index contributed by atoms with van der Waals surface area (Å²) in [5.74, 6) is 0.475. The van der Waals surface area contributed by atoms with Gasteiger partial charge in [0.1, 0.15) is 5.75 Å². The Hall–Kier alpha value is -1.82. The molecule has 0 heterocycles. The lowest BCUT2D eigenvalue weighted by Gasteiger charge is -2.21. The molecule has 0 bridgehead atoms. The summed E-state index contributed by atoms with van der Waals surface area (Å²) in [6.45, 7) is 4.55. The van der Waals surface area contributed by atoms with Gasteiger partial charge in [-0.15, -0.1) is 0 Å². The zero-order valence-corrected chi connectivity index (χ0v) is 11.5. The Kier molecular flexibility index (Phi) is 5.57. The Morgan fingerprint density at radius 2 is 2.16 bits per heavy atom. The van der Waals surface area contributed by atoms with Gasteiger partial charge in [-0.25, -0.2) is 0 Å². The Bertz CT molecular complexity index is 435. The third-order valence-corrected chi connectivity index (χ3v) is 2.54. The molecule has 1 atom stereocenters. The lowest BCUT2D eigenvalue weighted by Crippen LogP contribution is -2.26. The summed E-state index contributed by atoms with van der Waals surface area (Å²) in [6.07, 6.45) is 0.325. The minimum absolute atomic E-state index is 0.0129. The summed E-state index contributed by atoms with van der Waals surface area (Å²) in [6, 6.07) is 4.63. The second-order valence-corrected chi connectivity index (χ2v) is 4.52. The lowest BCUT2D eigenvalue weighted by molar-refractivity contribution is -0.384. The first-order valence-electron chi connectivity index (χ1n) is 6.25. The van der Waals surface area contributed by atoms with E-state index < -0.39 is 11.0 Å². The number of non-ortho nitro benzene ring substituents is 1. The van der Waals surface area contributed by atoms with Crippen LogP contribution in [-0.4, -0.2) is 36.3 Å². The number of ether oxygens (including phenoxy) is 1. The number of hydrogen-bond donors (Lipinski definition) is 1. The molecule has 0 amide bonds. The number of aliphatic hydroxyl groups is 1. The number of rotatable bonds is 7. The molecule has 1 N–H and O–H groups in total. The van der Waals surface area contributed by atoms with E-state index >= 15 is 0 Å². The van der Waals surface area contributed by atoms with Gasteiger partial charge in [-0.1, -0.05) is 6.92 Å². The van der Waals surface area contributed by atoms with Gasteiger partial charge in [0.25, 0.3) is 5.69 Å². The molecular weight excluding hydrogens is 248 g/mol. The van der Waals surface area contributed by atoms with E-state index in [-0.39, 0.29) is 5.69 Å². The van der Waals surface area contributed by atoms with Gasteiger partial charge in [-0.05, 0) is 13.3 Å². The molecule has 0 aliphatic rings. The maximum atomic E-state index is 10.9. The van der Waals surface area contributed by atoms with Crippen LogP contribution in [0.5, 0.6) is 5.75 Å². The first-order chi connectivity index (χ1) is 8.93. The van der Waals surface area contributed by atoms with Crippen molar-refractivity contribution in [1.82, 2.24) is 0 Å². The summed E-state index contributed by atoms with van der Waals surface area (Å²) in [5.41, 5.74) is 0.641. The van der Waals surface area contributed by atoms with Crippen molar-refractivity contribution in [2.24, 2.45) is 0 Å². The fourth-order valence-corrected chi connectivity index (χ4v) is 1.70. The molecule has 0 saturated carbocycles. The van der Waals surface area contributed by atoms with Crippen molar-refractivity contribution < 1.29 is 14.8 Å². The van der Waals surface area contributed by atoms with E-state index in [1.54, 1.807) is 24.9 Å². The summed E-state index contributed by atoms with van der Waals surface area (Å²) >= 11 is 0. The molecule has 0 aromatic heterocycles. The maximum absolute atomic E-state index is 10.9. The highest BCUT2D eigenvalue weighted by Crippen LogP contribution is 2.28. The molecule has 0 aliphatic carbocycles. The van der Waals surface area contributed by atoms with E-state index in [0.717, 1.165) is 6.42 Å². The van der Waals surface area contributed by atoms with E-state index in [9.17, 15) is 15.2 Å². The highest BCUT2D eigenvalue weighted by atomic mass is 16.6. The zero-order chi connectivity index (χ0) is 14.4. The second-order valence-electron chi connectivity index (χ2n) is 4.52. The molecule has 1 rings (SSSR count). The van der Waals surface area contributed by atoms with Crippen molar-refractivity contribution >= 4 is 11.4 Å². The number of nitro groups is 1. The van der Waals surface area contributed by atoms with Crippen LogP contribution in [0.1, 0.15) is 20.3 Å². The van der Waals surface area contributed by atoms with Gasteiger partial charge in [-0.3, -0.25) is 10.1 Å². The van der Waals surface area contributed by atoms with E-state index in [4.69, 9.17) is 4.74 Å². The number of hydrogen-bond acceptors (Lipinski definition) is 5. The first-order valence-corrected chi connectivity index (χ1v) is 6.25. The Labute approximate surface area is 112 Å². The van der Waals surface area contributed by atoms with Crippen molar-refractivity contribution in [3.63, 3.8) is 0 Å². The number of likely N-dealkylation sites (N-methyl/N-ethyl adjacent to an activating group) is 1. The highest BCUT2D eigenvalue weighted by Gasteiger charge is 2.14. The van der Waals surface area contributed by atoms with Gasteiger partial charge in [0.2, 0.25) is 0 Å². The third kappa shape index (κ3) is 4.75.